The first-order chi connectivity index (χ1) is 9.85. The summed E-state index contributed by atoms with van der Waals surface area (Å²) in [7, 11) is 0. The summed E-state index contributed by atoms with van der Waals surface area (Å²) in [5.41, 5.74) is 2.49. The Labute approximate surface area is 121 Å². The summed E-state index contributed by atoms with van der Waals surface area (Å²) in [5, 5.41) is 10.5. The van der Waals surface area contributed by atoms with Crippen LogP contribution in [0.4, 0.5) is 0 Å². The fourth-order valence-corrected chi connectivity index (χ4v) is 2.52. The van der Waals surface area contributed by atoms with Gasteiger partial charge in [-0.15, -0.1) is 0 Å². The number of aromatic amines is 1. The Balaban J connectivity index is 1.99. The molecule has 2 aromatic rings. The van der Waals surface area contributed by atoms with E-state index in [-0.39, 0.29) is 0 Å². The van der Waals surface area contributed by atoms with Gasteiger partial charge >= 0.3 is 0 Å². The van der Waals surface area contributed by atoms with Gasteiger partial charge in [0.05, 0.1) is 0 Å². The summed E-state index contributed by atoms with van der Waals surface area (Å²) in [4.78, 5) is 2.48. The van der Waals surface area contributed by atoms with E-state index in [2.05, 4.69) is 64.6 Å². The molecule has 108 valence electrons. The number of rotatable bonds is 8. The minimum atomic E-state index is 0.411. The lowest BCUT2D eigenvalue weighted by Gasteiger charge is -2.30. The minimum Gasteiger partial charge on any atom is -0.309 e. The maximum atomic E-state index is 3.97. The van der Waals surface area contributed by atoms with Crippen LogP contribution in [0.2, 0.25) is 0 Å². The van der Waals surface area contributed by atoms with E-state index in [0.717, 1.165) is 31.9 Å². The van der Waals surface area contributed by atoms with Gasteiger partial charge in [0.15, 0.2) is 0 Å². The molecule has 0 fully saturated rings. The van der Waals surface area contributed by atoms with Crippen LogP contribution >= 0.6 is 0 Å². The number of likely N-dealkylation sites (N-methyl/N-ethyl adjacent to an activating group) is 1. The lowest BCUT2D eigenvalue weighted by molar-refractivity contribution is 0.213. The van der Waals surface area contributed by atoms with Crippen molar-refractivity contribution in [3.8, 4) is 0 Å². The van der Waals surface area contributed by atoms with E-state index in [1.54, 1.807) is 6.20 Å². The van der Waals surface area contributed by atoms with Gasteiger partial charge in [-0.05, 0) is 24.7 Å². The van der Waals surface area contributed by atoms with Gasteiger partial charge in [0.1, 0.15) is 0 Å². The molecule has 0 saturated heterocycles. The van der Waals surface area contributed by atoms with Crippen molar-refractivity contribution < 1.29 is 0 Å². The van der Waals surface area contributed by atoms with E-state index in [4.69, 9.17) is 0 Å². The molecule has 0 spiro atoms. The van der Waals surface area contributed by atoms with Gasteiger partial charge in [0, 0.05) is 31.0 Å². The van der Waals surface area contributed by atoms with Gasteiger partial charge in [-0.3, -0.25) is 10.00 Å². The van der Waals surface area contributed by atoms with Gasteiger partial charge in [0.25, 0.3) is 0 Å². The van der Waals surface area contributed by atoms with Crippen LogP contribution in [0.15, 0.2) is 42.6 Å². The van der Waals surface area contributed by atoms with Crippen LogP contribution in [0, 0.1) is 0 Å². The SMILES string of the molecule is CCN(CC)C(CNCc1ccn[nH]1)c1ccccc1. The molecule has 1 aromatic carbocycles. The monoisotopic (exact) mass is 272 g/mol. The predicted octanol–water partition coefficient (Wildman–Crippen LogP) is 2.58. The van der Waals surface area contributed by atoms with E-state index in [1.165, 1.54) is 5.56 Å². The normalized spacial score (nSPS) is 12.8. The van der Waals surface area contributed by atoms with Crippen molar-refractivity contribution in [3.63, 3.8) is 0 Å². The molecular formula is C16H24N4. The van der Waals surface area contributed by atoms with Crippen LogP contribution in [0.5, 0.6) is 0 Å². The third kappa shape index (κ3) is 3.92. The molecule has 1 atom stereocenters. The van der Waals surface area contributed by atoms with Crippen LogP contribution in [-0.2, 0) is 6.54 Å². The third-order valence-electron chi connectivity index (χ3n) is 3.65. The van der Waals surface area contributed by atoms with E-state index >= 15 is 0 Å². The lowest BCUT2D eigenvalue weighted by atomic mass is 10.1. The zero-order chi connectivity index (χ0) is 14.2. The molecule has 1 aromatic heterocycles. The number of H-pyrrole nitrogens is 1. The molecule has 0 amide bonds. The van der Waals surface area contributed by atoms with Crippen molar-refractivity contribution in [2.24, 2.45) is 0 Å². The zero-order valence-electron chi connectivity index (χ0n) is 12.3. The van der Waals surface area contributed by atoms with Gasteiger partial charge in [-0.2, -0.15) is 5.10 Å². The zero-order valence-corrected chi connectivity index (χ0v) is 12.3. The number of nitrogens with zero attached hydrogens (tertiary/aromatic N) is 2. The minimum absolute atomic E-state index is 0.411. The van der Waals surface area contributed by atoms with Gasteiger partial charge in [-0.25, -0.2) is 0 Å². The quantitative estimate of drug-likeness (QED) is 0.776. The summed E-state index contributed by atoms with van der Waals surface area (Å²) in [6.07, 6.45) is 1.79. The molecule has 0 aliphatic heterocycles. The number of nitrogens with one attached hydrogen (secondary N) is 2. The highest BCUT2D eigenvalue weighted by molar-refractivity contribution is 5.19. The Hall–Kier alpha value is -1.65. The average Bonchev–Trinajstić information content (AvgIpc) is 3.01. The first-order valence-corrected chi connectivity index (χ1v) is 7.33. The number of aromatic nitrogens is 2. The second-order valence-electron chi connectivity index (χ2n) is 4.86. The van der Waals surface area contributed by atoms with E-state index < -0.39 is 0 Å². The highest BCUT2D eigenvalue weighted by Gasteiger charge is 2.17. The fourth-order valence-electron chi connectivity index (χ4n) is 2.52. The lowest BCUT2D eigenvalue weighted by Crippen LogP contribution is -2.35. The Morgan fingerprint density at radius 1 is 1.15 bits per heavy atom. The van der Waals surface area contributed by atoms with Crippen LogP contribution in [-0.4, -0.2) is 34.7 Å². The third-order valence-corrected chi connectivity index (χ3v) is 3.65. The fraction of sp³-hybridized carbons (Fsp3) is 0.438. The van der Waals surface area contributed by atoms with Crippen molar-refractivity contribution in [3.05, 3.63) is 53.9 Å². The molecule has 0 aliphatic carbocycles. The highest BCUT2D eigenvalue weighted by Crippen LogP contribution is 2.19. The number of hydrogen-bond acceptors (Lipinski definition) is 3. The smallest absolute Gasteiger partial charge is 0.0490 e. The topological polar surface area (TPSA) is 44.0 Å². The molecule has 1 heterocycles. The van der Waals surface area contributed by atoms with Crippen molar-refractivity contribution in [2.45, 2.75) is 26.4 Å². The van der Waals surface area contributed by atoms with E-state index in [9.17, 15) is 0 Å². The Bertz CT molecular complexity index is 462. The molecule has 0 bridgehead atoms. The van der Waals surface area contributed by atoms with Crippen molar-refractivity contribution in [1.82, 2.24) is 20.4 Å². The largest absolute Gasteiger partial charge is 0.309 e. The maximum Gasteiger partial charge on any atom is 0.0490 e. The molecule has 0 aliphatic rings. The molecule has 2 N–H and O–H groups in total. The maximum absolute atomic E-state index is 3.97. The van der Waals surface area contributed by atoms with Crippen molar-refractivity contribution >= 4 is 0 Å². The first-order valence-electron chi connectivity index (χ1n) is 7.33. The molecule has 2 rings (SSSR count). The molecule has 4 nitrogen and oxygen atoms in total. The van der Waals surface area contributed by atoms with Crippen LogP contribution in [0.1, 0.15) is 31.1 Å². The molecule has 1 unspecified atom stereocenters. The second kappa shape index (κ2) is 7.82. The molecule has 4 heteroatoms. The van der Waals surface area contributed by atoms with Gasteiger partial charge in [-0.1, -0.05) is 44.2 Å². The van der Waals surface area contributed by atoms with Crippen molar-refractivity contribution in [2.75, 3.05) is 19.6 Å². The Kier molecular flexibility index (Phi) is 5.77. The summed E-state index contributed by atoms with van der Waals surface area (Å²) in [6, 6.07) is 13.1. The molecule has 0 saturated carbocycles. The van der Waals surface area contributed by atoms with E-state index in [0.29, 0.717) is 6.04 Å². The number of hydrogen-bond donors (Lipinski definition) is 2. The van der Waals surface area contributed by atoms with Gasteiger partial charge in [0.2, 0.25) is 0 Å². The summed E-state index contributed by atoms with van der Waals surface area (Å²) in [5.74, 6) is 0. The van der Waals surface area contributed by atoms with Crippen LogP contribution < -0.4 is 5.32 Å². The highest BCUT2D eigenvalue weighted by atomic mass is 15.2. The van der Waals surface area contributed by atoms with Crippen LogP contribution in [0.3, 0.4) is 0 Å². The molecule has 20 heavy (non-hydrogen) atoms. The van der Waals surface area contributed by atoms with Gasteiger partial charge < -0.3 is 5.32 Å². The summed E-state index contributed by atoms with van der Waals surface area (Å²) >= 11 is 0. The average molecular weight is 272 g/mol. The Morgan fingerprint density at radius 2 is 1.90 bits per heavy atom. The first kappa shape index (κ1) is 14.8. The second-order valence-corrected chi connectivity index (χ2v) is 4.86. The number of benzene rings is 1. The molecular weight excluding hydrogens is 248 g/mol. The predicted molar refractivity (Wildman–Crippen MR) is 82.4 cm³/mol. The van der Waals surface area contributed by atoms with Crippen molar-refractivity contribution in [1.29, 1.82) is 0 Å². The standard InChI is InChI=1S/C16H24N4/c1-3-20(4-2)16(14-8-6-5-7-9-14)13-17-12-15-10-11-18-19-15/h5-11,16-17H,3-4,12-13H2,1-2H3,(H,18,19). The molecule has 0 radical (unpaired) electrons. The van der Waals surface area contributed by atoms with Crippen LogP contribution in [0.25, 0.3) is 0 Å². The Morgan fingerprint density at radius 3 is 2.50 bits per heavy atom. The summed E-state index contributed by atoms with van der Waals surface area (Å²) in [6.45, 7) is 8.31. The summed E-state index contributed by atoms with van der Waals surface area (Å²) < 4.78 is 0. The van der Waals surface area contributed by atoms with E-state index in [1.807, 2.05) is 6.07 Å².